The molecule has 0 N–H and O–H groups in total. The van der Waals surface area contributed by atoms with E-state index in [9.17, 15) is 9.59 Å². The number of rotatable bonds is 4. The Kier molecular flexibility index (Phi) is 4.19. The molecule has 0 spiro atoms. The Morgan fingerprint density at radius 2 is 1.75 bits per heavy atom. The summed E-state index contributed by atoms with van der Waals surface area (Å²) in [5.41, 5.74) is 3.80. The standard InChI is InChI=1S/C22H20N2O4/c25-17-7-4-8-19-21(17)15(23-27-19)9-10-20-22-16(24-28-20)11-14(12-18(22)26)13-5-2-1-3-6-13/h1-3,5-6,14H,4,7-12H2. The highest BCUT2D eigenvalue weighted by molar-refractivity contribution is 6.00. The molecule has 5 rings (SSSR count). The van der Waals surface area contributed by atoms with Crippen LogP contribution >= 0.6 is 0 Å². The summed E-state index contributed by atoms with van der Waals surface area (Å²) in [7, 11) is 0. The van der Waals surface area contributed by atoms with Gasteiger partial charge in [-0.2, -0.15) is 0 Å². The maximum absolute atomic E-state index is 12.8. The van der Waals surface area contributed by atoms with Gasteiger partial charge in [-0.25, -0.2) is 0 Å². The second kappa shape index (κ2) is 6.86. The quantitative estimate of drug-likeness (QED) is 0.687. The van der Waals surface area contributed by atoms with Gasteiger partial charge >= 0.3 is 0 Å². The average Bonchev–Trinajstić information content (AvgIpc) is 3.32. The molecule has 3 aromatic rings. The van der Waals surface area contributed by atoms with Crippen molar-refractivity contribution in [3.8, 4) is 0 Å². The number of carbonyl (C=O) groups excluding carboxylic acids is 2. The fraction of sp³-hybridized carbons (Fsp3) is 0.364. The lowest BCUT2D eigenvalue weighted by molar-refractivity contribution is 0.0956. The Balaban J connectivity index is 1.36. The second-order valence-electron chi connectivity index (χ2n) is 7.57. The van der Waals surface area contributed by atoms with Crippen LogP contribution in [-0.2, 0) is 25.7 Å². The van der Waals surface area contributed by atoms with Crippen LogP contribution < -0.4 is 0 Å². The monoisotopic (exact) mass is 376 g/mol. The molecule has 6 nitrogen and oxygen atoms in total. The summed E-state index contributed by atoms with van der Waals surface area (Å²) in [6.07, 6.45) is 4.25. The third-order valence-electron chi connectivity index (χ3n) is 5.76. The molecule has 0 bridgehead atoms. The fourth-order valence-corrected chi connectivity index (χ4v) is 4.37. The van der Waals surface area contributed by atoms with Crippen molar-refractivity contribution in [2.75, 3.05) is 0 Å². The van der Waals surface area contributed by atoms with Gasteiger partial charge in [0.05, 0.1) is 22.5 Å². The number of ketones is 2. The first-order chi connectivity index (χ1) is 13.7. The number of aromatic nitrogens is 2. The van der Waals surface area contributed by atoms with E-state index < -0.39 is 0 Å². The maximum Gasteiger partial charge on any atom is 0.168 e. The lowest BCUT2D eigenvalue weighted by atomic mass is 9.81. The van der Waals surface area contributed by atoms with E-state index in [-0.39, 0.29) is 17.5 Å². The molecule has 1 aromatic carbocycles. The van der Waals surface area contributed by atoms with E-state index in [2.05, 4.69) is 22.4 Å². The van der Waals surface area contributed by atoms with Gasteiger partial charge in [0.15, 0.2) is 11.6 Å². The molecular formula is C22H20N2O4. The van der Waals surface area contributed by atoms with Crippen LogP contribution in [0, 0.1) is 0 Å². The molecule has 0 amide bonds. The summed E-state index contributed by atoms with van der Waals surface area (Å²) >= 11 is 0. The summed E-state index contributed by atoms with van der Waals surface area (Å²) in [4.78, 5) is 25.0. The minimum Gasteiger partial charge on any atom is -0.360 e. The van der Waals surface area contributed by atoms with Crippen molar-refractivity contribution in [2.45, 2.75) is 50.9 Å². The van der Waals surface area contributed by atoms with Crippen molar-refractivity contribution in [3.63, 3.8) is 0 Å². The number of carbonyl (C=O) groups is 2. The Labute approximate surface area is 161 Å². The predicted octanol–water partition coefficient (Wildman–Crippen LogP) is 3.88. The first kappa shape index (κ1) is 17.1. The van der Waals surface area contributed by atoms with E-state index in [0.29, 0.717) is 60.4 Å². The van der Waals surface area contributed by atoms with Crippen LogP contribution in [0.2, 0.25) is 0 Å². The fourth-order valence-electron chi connectivity index (χ4n) is 4.37. The van der Waals surface area contributed by atoms with Gasteiger partial charge in [0, 0.05) is 38.5 Å². The molecular weight excluding hydrogens is 356 g/mol. The third-order valence-corrected chi connectivity index (χ3v) is 5.76. The lowest BCUT2D eigenvalue weighted by Gasteiger charge is -2.20. The van der Waals surface area contributed by atoms with E-state index in [1.54, 1.807) is 0 Å². The summed E-state index contributed by atoms with van der Waals surface area (Å²) in [5.74, 6) is 1.59. The average molecular weight is 376 g/mol. The number of hydrogen-bond acceptors (Lipinski definition) is 6. The Morgan fingerprint density at radius 3 is 2.61 bits per heavy atom. The Morgan fingerprint density at radius 1 is 0.893 bits per heavy atom. The highest BCUT2D eigenvalue weighted by Gasteiger charge is 2.33. The number of fused-ring (bicyclic) bond motifs is 2. The highest BCUT2D eigenvalue weighted by Crippen LogP contribution is 2.34. The van der Waals surface area contributed by atoms with E-state index in [0.717, 1.165) is 24.1 Å². The maximum atomic E-state index is 12.8. The minimum absolute atomic E-state index is 0.0737. The van der Waals surface area contributed by atoms with Crippen LogP contribution in [0.4, 0.5) is 0 Å². The van der Waals surface area contributed by atoms with Gasteiger partial charge in [0.25, 0.3) is 0 Å². The van der Waals surface area contributed by atoms with Gasteiger partial charge in [-0.1, -0.05) is 40.6 Å². The molecule has 0 radical (unpaired) electrons. The zero-order valence-corrected chi connectivity index (χ0v) is 15.4. The summed E-state index contributed by atoms with van der Waals surface area (Å²) in [6, 6.07) is 10.1. The predicted molar refractivity (Wildman–Crippen MR) is 99.5 cm³/mol. The molecule has 6 heteroatoms. The summed E-state index contributed by atoms with van der Waals surface area (Å²) in [6.45, 7) is 0. The van der Waals surface area contributed by atoms with Gasteiger partial charge < -0.3 is 9.05 Å². The van der Waals surface area contributed by atoms with Crippen LogP contribution in [0.25, 0.3) is 0 Å². The summed E-state index contributed by atoms with van der Waals surface area (Å²) < 4.78 is 10.9. The lowest BCUT2D eigenvalue weighted by Crippen LogP contribution is -2.19. The van der Waals surface area contributed by atoms with Gasteiger partial charge in [-0.3, -0.25) is 9.59 Å². The topological polar surface area (TPSA) is 86.2 Å². The number of nitrogens with zero attached hydrogens (tertiary/aromatic N) is 2. The van der Waals surface area contributed by atoms with Crippen LogP contribution in [0.15, 0.2) is 39.4 Å². The highest BCUT2D eigenvalue weighted by atomic mass is 16.5. The van der Waals surface area contributed by atoms with Crippen molar-refractivity contribution in [1.29, 1.82) is 0 Å². The van der Waals surface area contributed by atoms with Crippen LogP contribution in [0.5, 0.6) is 0 Å². The minimum atomic E-state index is 0.0737. The molecule has 28 heavy (non-hydrogen) atoms. The van der Waals surface area contributed by atoms with Crippen LogP contribution in [-0.4, -0.2) is 21.9 Å². The zero-order chi connectivity index (χ0) is 19.1. The third kappa shape index (κ3) is 2.89. The molecule has 2 aliphatic carbocycles. The number of aryl methyl sites for hydroxylation is 3. The zero-order valence-electron chi connectivity index (χ0n) is 15.4. The molecule has 0 saturated heterocycles. The van der Waals surface area contributed by atoms with E-state index in [4.69, 9.17) is 9.05 Å². The largest absolute Gasteiger partial charge is 0.360 e. The first-order valence-corrected chi connectivity index (χ1v) is 9.77. The molecule has 0 fully saturated rings. The molecule has 2 aromatic heterocycles. The second-order valence-corrected chi connectivity index (χ2v) is 7.57. The Hall–Kier alpha value is -3.02. The van der Waals surface area contributed by atoms with Gasteiger partial charge in [-0.15, -0.1) is 0 Å². The Bertz CT molecular complexity index is 1050. The van der Waals surface area contributed by atoms with Gasteiger partial charge in [-0.05, 0) is 17.9 Å². The molecule has 0 saturated carbocycles. The van der Waals surface area contributed by atoms with Crippen LogP contribution in [0.1, 0.15) is 74.4 Å². The molecule has 142 valence electrons. The normalized spacial score (nSPS) is 18.8. The van der Waals surface area contributed by atoms with Crippen molar-refractivity contribution in [3.05, 3.63) is 69.9 Å². The van der Waals surface area contributed by atoms with E-state index in [1.807, 2.05) is 18.2 Å². The van der Waals surface area contributed by atoms with Crippen molar-refractivity contribution in [1.82, 2.24) is 10.3 Å². The van der Waals surface area contributed by atoms with Gasteiger partial charge in [0.1, 0.15) is 11.5 Å². The molecule has 1 atom stereocenters. The SMILES string of the molecule is O=C1CCCc2onc(CCc3onc4c3C(=O)CC(c3ccccc3)C4)c21. The first-order valence-electron chi connectivity index (χ1n) is 9.77. The van der Waals surface area contributed by atoms with Crippen molar-refractivity contribution < 1.29 is 18.6 Å². The van der Waals surface area contributed by atoms with E-state index >= 15 is 0 Å². The van der Waals surface area contributed by atoms with Crippen molar-refractivity contribution >= 4 is 11.6 Å². The van der Waals surface area contributed by atoms with Crippen LogP contribution in [0.3, 0.4) is 0 Å². The van der Waals surface area contributed by atoms with Crippen molar-refractivity contribution in [2.24, 2.45) is 0 Å². The van der Waals surface area contributed by atoms with E-state index in [1.165, 1.54) is 0 Å². The number of hydrogen-bond donors (Lipinski definition) is 0. The molecule has 0 aliphatic heterocycles. The summed E-state index contributed by atoms with van der Waals surface area (Å²) in [5, 5.41) is 8.27. The van der Waals surface area contributed by atoms with Gasteiger partial charge in [0.2, 0.25) is 0 Å². The molecule has 2 heterocycles. The smallest absolute Gasteiger partial charge is 0.168 e. The number of Topliss-reactive ketones (excluding diaryl/α,β-unsaturated/α-hetero) is 2. The molecule has 2 aliphatic rings. The number of benzene rings is 1. The molecule has 1 unspecified atom stereocenters.